The van der Waals surface area contributed by atoms with Crippen LogP contribution in [-0.4, -0.2) is 6.04 Å². The molecular formula is C11H21N. The van der Waals surface area contributed by atoms with Crippen molar-refractivity contribution in [3.63, 3.8) is 0 Å². The number of nitrogens with two attached hydrogens (primary N) is 1. The van der Waals surface area contributed by atoms with E-state index in [9.17, 15) is 0 Å². The van der Waals surface area contributed by atoms with Crippen LogP contribution in [0.2, 0.25) is 0 Å². The van der Waals surface area contributed by atoms with Gasteiger partial charge in [-0.3, -0.25) is 0 Å². The highest BCUT2D eigenvalue weighted by atomic mass is 14.7. The molecular weight excluding hydrogens is 146 g/mol. The average Bonchev–Trinajstić information content (AvgIpc) is 2.05. The van der Waals surface area contributed by atoms with Crippen molar-refractivity contribution in [2.45, 2.75) is 45.1 Å². The molecule has 0 saturated heterocycles. The SMILES string of the molecule is C=CCC(C)C1CCCCC1N. The van der Waals surface area contributed by atoms with Crippen LogP contribution in [-0.2, 0) is 0 Å². The van der Waals surface area contributed by atoms with Crippen molar-refractivity contribution >= 4 is 0 Å². The Bertz CT molecular complexity index is 142. The van der Waals surface area contributed by atoms with E-state index in [1.807, 2.05) is 6.08 Å². The number of hydrogen-bond acceptors (Lipinski definition) is 1. The molecule has 12 heavy (non-hydrogen) atoms. The molecule has 0 amide bonds. The molecule has 0 bridgehead atoms. The van der Waals surface area contributed by atoms with E-state index in [1.165, 1.54) is 25.7 Å². The van der Waals surface area contributed by atoms with E-state index < -0.39 is 0 Å². The third kappa shape index (κ3) is 2.34. The summed E-state index contributed by atoms with van der Waals surface area (Å²) >= 11 is 0. The Morgan fingerprint density at radius 2 is 2.17 bits per heavy atom. The predicted octanol–water partition coefficient (Wildman–Crippen LogP) is 2.72. The minimum Gasteiger partial charge on any atom is -0.327 e. The van der Waals surface area contributed by atoms with E-state index in [0.29, 0.717) is 6.04 Å². The summed E-state index contributed by atoms with van der Waals surface area (Å²) in [4.78, 5) is 0. The van der Waals surface area contributed by atoms with Crippen molar-refractivity contribution in [2.75, 3.05) is 0 Å². The third-order valence-electron chi connectivity index (χ3n) is 3.14. The second kappa shape index (κ2) is 4.66. The summed E-state index contributed by atoms with van der Waals surface area (Å²) < 4.78 is 0. The van der Waals surface area contributed by atoms with Crippen molar-refractivity contribution < 1.29 is 0 Å². The molecule has 1 aliphatic rings. The van der Waals surface area contributed by atoms with Gasteiger partial charge in [-0.1, -0.05) is 25.8 Å². The molecule has 0 spiro atoms. The van der Waals surface area contributed by atoms with Crippen LogP contribution in [0, 0.1) is 11.8 Å². The molecule has 0 aromatic rings. The van der Waals surface area contributed by atoms with Crippen LogP contribution in [0.15, 0.2) is 12.7 Å². The lowest BCUT2D eigenvalue weighted by Crippen LogP contribution is -2.36. The van der Waals surface area contributed by atoms with Crippen LogP contribution in [0.5, 0.6) is 0 Å². The number of allylic oxidation sites excluding steroid dienone is 1. The van der Waals surface area contributed by atoms with Crippen LogP contribution in [0.3, 0.4) is 0 Å². The van der Waals surface area contributed by atoms with Gasteiger partial charge in [0.1, 0.15) is 0 Å². The minimum absolute atomic E-state index is 0.452. The first kappa shape index (κ1) is 9.79. The Morgan fingerprint density at radius 3 is 2.75 bits per heavy atom. The van der Waals surface area contributed by atoms with Gasteiger partial charge in [0, 0.05) is 6.04 Å². The monoisotopic (exact) mass is 167 g/mol. The molecule has 1 heteroatoms. The molecule has 0 radical (unpaired) electrons. The summed E-state index contributed by atoms with van der Waals surface area (Å²) in [5.41, 5.74) is 6.08. The molecule has 0 heterocycles. The van der Waals surface area contributed by atoms with Crippen LogP contribution < -0.4 is 5.73 Å². The zero-order valence-electron chi connectivity index (χ0n) is 8.13. The third-order valence-corrected chi connectivity index (χ3v) is 3.14. The van der Waals surface area contributed by atoms with Gasteiger partial charge in [-0.25, -0.2) is 0 Å². The maximum Gasteiger partial charge on any atom is 0.00698 e. The highest BCUT2D eigenvalue weighted by molar-refractivity contribution is 4.84. The van der Waals surface area contributed by atoms with E-state index in [4.69, 9.17) is 5.73 Å². The first-order valence-electron chi connectivity index (χ1n) is 5.12. The average molecular weight is 167 g/mol. The highest BCUT2D eigenvalue weighted by Gasteiger charge is 2.25. The van der Waals surface area contributed by atoms with E-state index in [1.54, 1.807) is 0 Å². The van der Waals surface area contributed by atoms with Crippen molar-refractivity contribution in [3.8, 4) is 0 Å². The molecule has 0 aliphatic heterocycles. The first-order valence-corrected chi connectivity index (χ1v) is 5.12. The normalized spacial score (nSPS) is 32.8. The summed E-state index contributed by atoms with van der Waals surface area (Å²) in [6.07, 6.45) is 8.41. The quantitative estimate of drug-likeness (QED) is 0.643. The molecule has 70 valence electrons. The largest absolute Gasteiger partial charge is 0.327 e. The lowest BCUT2D eigenvalue weighted by molar-refractivity contribution is 0.228. The second-order valence-electron chi connectivity index (χ2n) is 4.11. The Kier molecular flexibility index (Phi) is 3.80. The molecule has 0 aromatic carbocycles. The van der Waals surface area contributed by atoms with Crippen molar-refractivity contribution in [1.82, 2.24) is 0 Å². The molecule has 1 saturated carbocycles. The summed E-state index contributed by atoms with van der Waals surface area (Å²) in [5.74, 6) is 1.48. The van der Waals surface area contributed by atoms with Gasteiger partial charge in [0.15, 0.2) is 0 Å². The predicted molar refractivity (Wildman–Crippen MR) is 53.9 cm³/mol. The van der Waals surface area contributed by atoms with Gasteiger partial charge in [0.25, 0.3) is 0 Å². The molecule has 1 fully saturated rings. The fraction of sp³-hybridized carbons (Fsp3) is 0.818. The van der Waals surface area contributed by atoms with Crippen molar-refractivity contribution in [3.05, 3.63) is 12.7 Å². The van der Waals surface area contributed by atoms with Crippen LogP contribution >= 0.6 is 0 Å². The minimum atomic E-state index is 0.452. The molecule has 3 atom stereocenters. The topological polar surface area (TPSA) is 26.0 Å². The summed E-state index contributed by atoms with van der Waals surface area (Å²) in [6, 6.07) is 0.452. The highest BCUT2D eigenvalue weighted by Crippen LogP contribution is 2.30. The van der Waals surface area contributed by atoms with E-state index in [2.05, 4.69) is 13.5 Å². The molecule has 1 nitrogen and oxygen atoms in total. The summed E-state index contributed by atoms with van der Waals surface area (Å²) in [7, 11) is 0. The Labute approximate surface area is 76.0 Å². The van der Waals surface area contributed by atoms with E-state index >= 15 is 0 Å². The molecule has 1 rings (SSSR count). The molecule has 2 N–H and O–H groups in total. The lowest BCUT2D eigenvalue weighted by Gasteiger charge is -2.32. The summed E-state index contributed by atoms with van der Waals surface area (Å²) in [5, 5.41) is 0. The fourth-order valence-electron chi connectivity index (χ4n) is 2.33. The van der Waals surface area contributed by atoms with Gasteiger partial charge < -0.3 is 5.73 Å². The smallest absolute Gasteiger partial charge is 0.00698 e. The lowest BCUT2D eigenvalue weighted by atomic mass is 9.76. The summed E-state index contributed by atoms with van der Waals surface area (Å²) in [6.45, 7) is 6.08. The standard InChI is InChI=1S/C11H21N/c1-3-6-9(2)10-7-4-5-8-11(10)12/h3,9-11H,1,4-8,12H2,2H3. The Morgan fingerprint density at radius 1 is 1.50 bits per heavy atom. The number of rotatable bonds is 3. The second-order valence-corrected chi connectivity index (χ2v) is 4.11. The van der Waals surface area contributed by atoms with Gasteiger partial charge in [0.05, 0.1) is 0 Å². The number of hydrogen-bond donors (Lipinski definition) is 1. The maximum atomic E-state index is 6.08. The van der Waals surface area contributed by atoms with E-state index in [-0.39, 0.29) is 0 Å². The van der Waals surface area contributed by atoms with Gasteiger partial charge in [0.2, 0.25) is 0 Å². The molecule has 3 unspecified atom stereocenters. The zero-order valence-corrected chi connectivity index (χ0v) is 8.13. The molecule has 0 aromatic heterocycles. The zero-order chi connectivity index (χ0) is 8.97. The van der Waals surface area contributed by atoms with Crippen molar-refractivity contribution in [1.29, 1.82) is 0 Å². The Balaban J connectivity index is 2.41. The van der Waals surface area contributed by atoms with Gasteiger partial charge in [-0.2, -0.15) is 0 Å². The van der Waals surface area contributed by atoms with E-state index in [0.717, 1.165) is 18.3 Å². The van der Waals surface area contributed by atoms with Gasteiger partial charge in [-0.05, 0) is 31.1 Å². The first-order chi connectivity index (χ1) is 5.75. The van der Waals surface area contributed by atoms with Crippen LogP contribution in [0.1, 0.15) is 39.0 Å². The van der Waals surface area contributed by atoms with Gasteiger partial charge in [-0.15, -0.1) is 6.58 Å². The fourth-order valence-corrected chi connectivity index (χ4v) is 2.33. The van der Waals surface area contributed by atoms with Crippen molar-refractivity contribution in [2.24, 2.45) is 17.6 Å². The molecule has 1 aliphatic carbocycles. The van der Waals surface area contributed by atoms with Crippen LogP contribution in [0.25, 0.3) is 0 Å². The maximum absolute atomic E-state index is 6.08. The van der Waals surface area contributed by atoms with Crippen LogP contribution in [0.4, 0.5) is 0 Å². The Hall–Kier alpha value is -0.300. The van der Waals surface area contributed by atoms with Gasteiger partial charge >= 0.3 is 0 Å².